The molecule has 2 heteroatoms. The van der Waals surface area contributed by atoms with E-state index in [1.807, 2.05) is 0 Å². The zero-order valence-corrected chi connectivity index (χ0v) is 8.87. The van der Waals surface area contributed by atoms with Crippen molar-refractivity contribution in [3.05, 3.63) is 0 Å². The molecular formula is C11H22N2. The van der Waals surface area contributed by atoms with Crippen LogP contribution in [0.3, 0.4) is 0 Å². The normalized spacial score (nSPS) is 47.3. The summed E-state index contributed by atoms with van der Waals surface area (Å²) in [7, 11) is 0. The van der Waals surface area contributed by atoms with Gasteiger partial charge in [0.05, 0.1) is 0 Å². The Morgan fingerprint density at radius 2 is 1.92 bits per heavy atom. The first kappa shape index (κ1) is 9.47. The topological polar surface area (TPSA) is 29.3 Å². The first-order valence-corrected chi connectivity index (χ1v) is 5.66. The molecule has 2 fully saturated rings. The Kier molecular flexibility index (Phi) is 2.61. The van der Waals surface area contributed by atoms with Crippen molar-refractivity contribution in [1.29, 1.82) is 0 Å². The molecule has 0 aromatic carbocycles. The number of hydrogen-bond donors (Lipinski definition) is 1. The van der Waals surface area contributed by atoms with Crippen molar-refractivity contribution in [2.75, 3.05) is 13.1 Å². The third-order valence-electron chi connectivity index (χ3n) is 3.87. The number of nitrogens with zero attached hydrogens (tertiary/aromatic N) is 1. The maximum absolute atomic E-state index is 6.00. The molecule has 1 saturated heterocycles. The molecule has 0 amide bonds. The lowest BCUT2D eigenvalue weighted by Gasteiger charge is -2.46. The fourth-order valence-electron chi connectivity index (χ4n) is 2.69. The first-order valence-electron chi connectivity index (χ1n) is 5.66. The van der Waals surface area contributed by atoms with E-state index in [0.29, 0.717) is 12.0 Å². The van der Waals surface area contributed by atoms with Crippen molar-refractivity contribution in [3.8, 4) is 0 Å². The maximum atomic E-state index is 6.00. The van der Waals surface area contributed by atoms with Crippen LogP contribution in [-0.4, -0.2) is 30.1 Å². The minimum atomic E-state index is 0.453. The van der Waals surface area contributed by atoms with Gasteiger partial charge < -0.3 is 5.73 Å². The van der Waals surface area contributed by atoms with Crippen LogP contribution in [-0.2, 0) is 0 Å². The van der Waals surface area contributed by atoms with E-state index in [2.05, 4.69) is 18.7 Å². The molecule has 0 spiro atoms. The number of rotatable bonds is 1. The molecule has 13 heavy (non-hydrogen) atoms. The highest BCUT2D eigenvalue weighted by atomic mass is 15.2. The summed E-state index contributed by atoms with van der Waals surface area (Å²) >= 11 is 0. The average molecular weight is 182 g/mol. The highest BCUT2D eigenvalue weighted by molar-refractivity contribution is 4.90. The van der Waals surface area contributed by atoms with Gasteiger partial charge in [-0.3, -0.25) is 4.90 Å². The van der Waals surface area contributed by atoms with Crippen molar-refractivity contribution in [2.45, 2.75) is 45.2 Å². The minimum absolute atomic E-state index is 0.453. The van der Waals surface area contributed by atoms with Gasteiger partial charge in [0.25, 0.3) is 0 Å². The van der Waals surface area contributed by atoms with E-state index in [-0.39, 0.29) is 0 Å². The zero-order chi connectivity index (χ0) is 9.42. The second kappa shape index (κ2) is 3.58. The van der Waals surface area contributed by atoms with Crippen LogP contribution in [0.4, 0.5) is 0 Å². The van der Waals surface area contributed by atoms with Crippen molar-refractivity contribution < 1.29 is 0 Å². The van der Waals surface area contributed by atoms with E-state index in [1.54, 1.807) is 0 Å². The molecular weight excluding hydrogens is 160 g/mol. The van der Waals surface area contributed by atoms with E-state index in [9.17, 15) is 0 Å². The number of nitrogens with two attached hydrogens (primary N) is 1. The monoisotopic (exact) mass is 182 g/mol. The summed E-state index contributed by atoms with van der Waals surface area (Å²) in [4.78, 5) is 2.66. The van der Waals surface area contributed by atoms with Crippen molar-refractivity contribution in [3.63, 3.8) is 0 Å². The molecule has 2 nitrogen and oxygen atoms in total. The second-order valence-corrected chi connectivity index (χ2v) is 5.16. The Morgan fingerprint density at radius 3 is 2.46 bits per heavy atom. The number of likely N-dealkylation sites (tertiary alicyclic amines) is 1. The van der Waals surface area contributed by atoms with Crippen LogP contribution in [0.15, 0.2) is 0 Å². The lowest BCUT2D eigenvalue weighted by atomic mass is 9.79. The van der Waals surface area contributed by atoms with E-state index >= 15 is 0 Å². The highest BCUT2D eigenvalue weighted by Gasteiger charge is 2.34. The average Bonchev–Trinajstić information content (AvgIpc) is 2.05. The molecule has 1 heterocycles. The van der Waals surface area contributed by atoms with Gasteiger partial charge in [0.2, 0.25) is 0 Å². The van der Waals surface area contributed by atoms with Gasteiger partial charge in [-0.05, 0) is 37.6 Å². The van der Waals surface area contributed by atoms with Gasteiger partial charge in [0.1, 0.15) is 0 Å². The van der Waals surface area contributed by atoms with E-state index < -0.39 is 0 Å². The minimum Gasteiger partial charge on any atom is -0.327 e. The molecule has 1 saturated carbocycles. The third-order valence-corrected chi connectivity index (χ3v) is 3.87. The van der Waals surface area contributed by atoms with Crippen LogP contribution >= 0.6 is 0 Å². The van der Waals surface area contributed by atoms with Crippen LogP contribution in [0.5, 0.6) is 0 Å². The van der Waals surface area contributed by atoms with Gasteiger partial charge >= 0.3 is 0 Å². The Hall–Kier alpha value is -0.0800. The first-order chi connectivity index (χ1) is 6.16. The Labute approximate surface area is 81.5 Å². The summed E-state index contributed by atoms with van der Waals surface area (Å²) in [5, 5.41) is 0. The smallest absolute Gasteiger partial charge is 0.0100 e. The van der Waals surface area contributed by atoms with Gasteiger partial charge in [-0.2, -0.15) is 0 Å². The summed E-state index contributed by atoms with van der Waals surface area (Å²) in [6, 6.07) is 1.35. The standard InChI is InChI=1S/C11H22N2/c1-8-5-10(6-8)13-4-3-11(12)9(2)7-13/h8-11H,3-7,12H2,1-2H3. The molecule has 2 aliphatic rings. The van der Waals surface area contributed by atoms with E-state index in [1.165, 1.54) is 32.4 Å². The molecule has 0 radical (unpaired) electrons. The van der Waals surface area contributed by atoms with Gasteiger partial charge in [-0.15, -0.1) is 0 Å². The summed E-state index contributed by atoms with van der Waals surface area (Å²) in [6.07, 6.45) is 4.04. The lowest BCUT2D eigenvalue weighted by Crippen LogP contribution is -2.53. The molecule has 76 valence electrons. The number of hydrogen-bond acceptors (Lipinski definition) is 2. The third kappa shape index (κ3) is 1.89. The highest BCUT2D eigenvalue weighted by Crippen LogP contribution is 2.33. The van der Waals surface area contributed by atoms with Crippen LogP contribution in [0, 0.1) is 11.8 Å². The number of piperidine rings is 1. The fraction of sp³-hybridized carbons (Fsp3) is 1.00. The van der Waals surface area contributed by atoms with Gasteiger partial charge in [-0.25, -0.2) is 0 Å². The molecule has 2 atom stereocenters. The van der Waals surface area contributed by atoms with E-state index in [4.69, 9.17) is 5.73 Å². The van der Waals surface area contributed by atoms with Crippen LogP contribution in [0.1, 0.15) is 33.1 Å². The summed E-state index contributed by atoms with van der Waals surface area (Å²) in [6.45, 7) is 7.12. The quantitative estimate of drug-likeness (QED) is 0.665. The van der Waals surface area contributed by atoms with Crippen LogP contribution in [0.25, 0.3) is 0 Å². The van der Waals surface area contributed by atoms with Gasteiger partial charge in [-0.1, -0.05) is 13.8 Å². The molecule has 1 aliphatic carbocycles. The predicted octanol–water partition coefficient (Wildman–Crippen LogP) is 1.45. The molecule has 0 bridgehead atoms. The molecule has 1 aliphatic heterocycles. The fourth-order valence-corrected chi connectivity index (χ4v) is 2.69. The molecule has 2 rings (SSSR count). The van der Waals surface area contributed by atoms with Crippen molar-refractivity contribution >= 4 is 0 Å². The predicted molar refractivity (Wildman–Crippen MR) is 55.5 cm³/mol. The molecule has 0 aromatic heterocycles. The van der Waals surface area contributed by atoms with E-state index in [0.717, 1.165) is 12.0 Å². The molecule has 2 N–H and O–H groups in total. The van der Waals surface area contributed by atoms with Gasteiger partial charge in [0.15, 0.2) is 0 Å². The maximum Gasteiger partial charge on any atom is 0.0100 e. The molecule has 2 unspecified atom stereocenters. The second-order valence-electron chi connectivity index (χ2n) is 5.16. The Morgan fingerprint density at radius 1 is 1.23 bits per heavy atom. The molecule has 0 aromatic rings. The van der Waals surface area contributed by atoms with Crippen LogP contribution < -0.4 is 5.73 Å². The largest absolute Gasteiger partial charge is 0.327 e. The SMILES string of the molecule is CC1CC(N2CCC(N)C(C)C2)C1. The summed E-state index contributed by atoms with van der Waals surface area (Å²) in [5.74, 6) is 1.67. The Balaban J connectivity index is 1.82. The lowest BCUT2D eigenvalue weighted by molar-refractivity contribution is 0.0448. The van der Waals surface area contributed by atoms with Crippen molar-refractivity contribution in [1.82, 2.24) is 4.90 Å². The summed E-state index contributed by atoms with van der Waals surface area (Å²) in [5.41, 5.74) is 6.00. The van der Waals surface area contributed by atoms with Crippen LogP contribution in [0.2, 0.25) is 0 Å². The zero-order valence-electron chi connectivity index (χ0n) is 8.87. The van der Waals surface area contributed by atoms with Crippen molar-refractivity contribution in [2.24, 2.45) is 17.6 Å². The Bertz CT molecular complexity index is 175. The summed E-state index contributed by atoms with van der Waals surface area (Å²) < 4.78 is 0. The van der Waals surface area contributed by atoms with Gasteiger partial charge in [0, 0.05) is 18.6 Å².